The second-order valence-electron chi connectivity index (χ2n) is 6.40. The minimum absolute atomic E-state index is 0.162. The van der Waals surface area contributed by atoms with E-state index in [9.17, 15) is 9.18 Å². The molecule has 0 aliphatic carbocycles. The fourth-order valence-electron chi connectivity index (χ4n) is 2.75. The van der Waals surface area contributed by atoms with E-state index in [2.05, 4.69) is 15.5 Å². The Morgan fingerprint density at radius 3 is 2.60 bits per heavy atom. The topological polar surface area (TPSA) is 74.0 Å². The van der Waals surface area contributed by atoms with Crippen molar-refractivity contribution in [2.75, 3.05) is 5.32 Å². The van der Waals surface area contributed by atoms with Crippen LogP contribution in [0.5, 0.6) is 5.75 Å². The molecule has 0 aliphatic rings. The molecule has 9 heteroatoms. The zero-order valence-corrected chi connectivity index (χ0v) is 16.5. The highest BCUT2D eigenvalue weighted by atomic mass is 35.5. The monoisotopic (exact) mass is 425 g/mol. The lowest BCUT2D eigenvalue weighted by Gasteiger charge is -2.05. The first-order chi connectivity index (χ1) is 14.6. The van der Waals surface area contributed by atoms with Crippen LogP contribution in [0.4, 0.5) is 10.2 Å². The Morgan fingerprint density at radius 1 is 1.03 bits per heavy atom. The van der Waals surface area contributed by atoms with Crippen molar-refractivity contribution in [3.63, 3.8) is 0 Å². The van der Waals surface area contributed by atoms with Crippen molar-refractivity contribution in [3.8, 4) is 5.75 Å². The van der Waals surface area contributed by atoms with Crippen LogP contribution in [0.2, 0.25) is 5.02 Å². The molecule has 0 unspecified atom stereocenters. The zero-order valence-electron chi connectivity index (χ0n) is 15.7. The minimum Gasteiger partial charge on any atom is -0.471 e. The fraction of sp³-hybridized carbons (Fsp3) is 0.0952. The number of benzene rings is 2. The lowest BCUT2D eigenvalue weighted by atomic mass is 10.2. The summed E-state index contributed by atoms with van der Waals surface area (Å²) in [5, 5.41) is 11.3. The van der Waals surface area contributed by atoms with Gasteiger partial charge < -0.3 is 10.1 Å². The van der Waals surface area contributed by atoms with Crippen LogP contribution in [0.3, 0.4) is 0 Å². The number of rotatable bonds is 7. The number of aromatic nitrogens is 4. The summed E-state index contributed by atoms with van der Waals surface area (Å²) in [6.07, 6.45) is 3.16. The lowest BCUT2D eigenvalue weighted by molar-refractivity contribution is 0.101. The third kappa shape index (κ3) is 4.66. The van der Waals surface area contributed by atoms with E-state index in [1.165, 1.54) is 21.6 Å². The molecule has 0 spiro atoms. The maximum atomic E-state index is 13.8. The van der Waals surface area contributed by atoms with Gasteiger partial charge in [-0.15, -0.1) is 0 Å². The number of ether oxygens (including phenoxy) is 1. The number of nitrogens with zero attached hydrogens (tertiary/aromatic N) is 4. The lowest BCUT2D eigenvalue weighted by Crippen LogP contribution is -2.15. The molecule has 0 bridgehead atoms. The number of nitrogens with one attached hydrogen (secondary N) is 1. The first kappa shape index (κ1) is 19.7. The van der Waals surface area contributed by atoms with Crippen molar-refractivity contribution in [2.24, 2.45) is 0 Å². The van der Waals surface area contributed by atoms with Gasteiger partial charge in [0.15, 0.2) is 18.2 Å². The summed E-state index contributed by atoms with van der Waals surface area (Å²) < 4.78 is 22.4. The molecule has 2 aromatic heterocycles. The average Bonchev–Trinajstić information content (AvgIpc) is 3.36. The molecule has 2 aromatic carbocycles. The van der Waals surface area contributed by atoms with Gasteiger partial charge in [-0.25, -0.2) is 9.07 Å². The number of amides is 1. The Hall–Kier alpha value is -3.65. The summed E-state index contributed by atoms with van der Waals surface area (Å²) in [7, 11) is 0. The Balaban J connectivity index is 1.39. The first-order valence-corrected chi connectivity index (χ1v) is 9.45. The van der Waals surface area contributed by atoms with E-state index in [-0.39, 0.29) is 35.6 Å². The normalized spacial score (nSPS) is 10.7. The van der Waals surface area contributed by atoms with Crippen LogP contribution < -0.4 is 10.1 Å². The van der Waals surface area contributed by atoms with E-state index in [1.807, 2.05) is 30.3 Å². The predicted octanol–water partition coefficient (Wildman–Crippen LogP) is 4.21. The van der Waals surface area contributed by atoms with E-state index < -0.39 is 5.91 Å². The van der Waals surface area contributed by atoms with Crippen molar-refractivity contribution in [3.05, 3.63) is 95.2 Å². The molecule has 0 aliphatic heterocycles. The molecular formula is C21H17ClFN5O2. The first-order valence-electron chi connectivity index (χ1n) is 9.07. The van der Waals surface area contributed by atoms with E-state index in [0.29, 0.717) is 11.3 Å². The largest absolute Gasteiger partial charge is 0.471 e. The van der Waals surface area contributed by atoms with E-state index in [1.54, 1.807) is 30.5 Å². The van der Waals surface area contributed by atoms with Crippen molar-refractivity contribution >= 4 is 23.3 Å². The molecule has 0 atom stereocenters. The SMILES string of the molecule is O=C(Nc1nn(Cc2ccccc2F)cc1Cl)c1ccn(COc2ccccc2)n1. The van der Waals surface area contributed by atoms with Crippen molar-refractivity contribution < 1.29 is 13.9 Å². The molecule has 1 amide bonds. The van der Waals surface area contributed by atoms with Gasteiger partial charge in [0, 0.05) is 18.0 Å². The summed E-state index contributed by atoms with van der Waals surface area (Å²) in [6.45, 7) is 0.350. The number of hydrogen-bond donors (Lipinski definition) is 1. The molecule has 2 heterocycles. The van der Waals surface area contributed by atoms with Crippen LogP contribution in [-0.4, -0.2) is 25.5 Å². The van der Waals surface area contributed by atoms with Crippen LogP contribution >= 0.6 is 11.6 Å². The summed E-state index contributed by atoms with van der Waals surface area (Å²) in [5.41, 5.74) is 0.651. The van der Waals surface area contributed by atoms with Crippen LogP contribution in [0.25, 0.3) is 0 Å². The van der Waals surface area contributed by atoms with E-state index in [0.717, 1.165) is 0 Å². The maximum absolute atomic E-state index is 13.8. The second kappa shape index (κ2) is 8.79. The highest BCUT2D eigenvalue weighted by Gasteiger charge is 2.15. The summed E-state index contributed by atoms with van der Waals surface area (Å²) >= 11 is 6.17. The second-order valence-corrected chi connectivity index (χ2v) is 6.80. The summed E-state index contributed by atoms with van der Waals surface area (Å²) in [4.78, 5) is 12.5. The van der Waals surface area contributed by atoms with Crippen molar-refractivity contribution in [1.29, 1.82) is 0 Å². The number of anilines is 1. The predicted molar refractivity (Wildman–Crippen MR) is 110 cm³/mol. The molecule has 152 valence electrons. The van der Waals surface area contributed by atoms with Gasteiger partial charge in [0.2, 0.25) is 0 Å². The van der Waals surface area contributed by atoms with Gasteiger partial charge in [-0.05, 0) is 24.3 Å². The van der Waals surface area contributed by atoms with E-state index in [4.69, 9.17) is 16.3 Å². The third-order valence-electron chi connectivity index (χ3n) is 4.22. The molecule has 1 N–H and O–H groups in total. The zero-order chi connectivity index (χ0) is 20.9. The molecule has 7 nitrogen and oxygen atoms in total. The van der Waals surface area contributed by atoms with E-state index >= 15 is 0 Å². The number of carbonyl (C=O) groups is 1. The van der Waals surface area contributed by atoms with Crippen LogP contribution in [0.15, 0.2) is 73.1 Å². The number of carbonyl (C=O) groups excluding carboxylic acids is 1. The van der Waals surface area contributed by atoms with Gasteiger partial charge in [0.1, 0.15) is 16.6 Å². The molecule has 0 fully saturated rings. The van der Waals surface area contributed by atoms with Crippen LogP contribution in [-0.2, 0) is 13.3 Å². The quantitative estimate of drug-likeness (QED) is 0.481. The highest BCUT2D eigenvalue weighted by Crippen LogP contribution is 2.21. The number of halogens is 2. The molecule has 4 rings (SSSR count). The van der Waals surface area contributed by atoms with Gasteiger partial charge in [0.25, 0.3) is 5.91 Å². The summed E-state index contributed by atoms with van der Waals surface area (Å²) in [6, 6.07) is 17.2. The van der Waals surface area contributed by atoms with Gasteiger partial charge in [-0.2, -0.15) is 10.2 Å². The van der Waals surface area contributed by atoms with Crippen LogP contribution in [0.1, 0.15) is 16.1 Å². The molecule has 30 heavy (non-hydrogen) atoms. The Morgan fingerprint density at radius 2 is 1.80 bits per heavy atom. The third-order valence-corrected chi connectivity index (χ3v) is 4.50. The molecule has 0 radical (unpaired) electrons. The fourth-order valence-corrected chi connectivity index (χ4v) is 2.95. The Kier molecular flexibility index (Phi) is 5.76. The van der Waals surface area contributed by atoms with Crippen molar-refractivity contribution in [1.82, 2.24) is 19.6 Å². The van der Waals surface area contributed by atoms with Gasteiger partial charge in [0.05, 0.1) is 6.54 Å². The van der Waals surface area contributed by atoms with Crippen molar-refractivity contribution in [2.45, 2.75) is 13.3 Å². The number of para-hydroxylation sites is 1. The average molecular weight is 426 g/mol. The van der Waals surface area contributed by atoms with Gasteiger partial charge >= 0.3 is 0 Å². The standard InChI is InChI=1S/C21H17ClFN5O2/c22-17-13-28(12-15-6-4-5-9-18(15)23)26-20(17)24-21(29)19-10-11-27(25-19)14-30-16-7-2-1-3-8-16/h1-11,13H,12,14H2,(H,24,26,29). The minimum atomic E-state index is -0.466. The van der Waals surface area contributed by atoms with Gasteiger partial charge in [-0.3, -0.25) is 9.48 Å². The maximum Gasteiger partial charge on any atom is 0.277 e. The summed E-state index contributed by atoms with van der Waals surface area (Å²) in [5.74, 6) is 0.0729. The van der Waals surface area contributed by atoms with Crippen LogP contribution in [0, 0.1) is 5.82 Å². The smallest absolute Gasteiger partial charge is 0.277 e. The molecule has 0 saturated heterocycles. The molecule has 0 saturated carbocycles. The number of hydrogen-bond acceptors (Lipinski definition) is 4. The highest BCUT2D eigenvalue weighted by molar-refractivity contribution is 6.33. The Labute approximate surface area is 176 Å². The Bertz CT molecular complexity index is 1160. The van der Waals surface area contributed by atoms with Gasteiger partial charge in [-0.1, -0.05) is 48.0 Å². The molecule has 4 aromatic rings. The molecular weight excluding hydrogens is 409 g/mol.